The zero-order chi connectivity index (χ0) is 14.5. The number of rotatable bonds is 6. The fourth-order valence-electron chi connectivity index (χ4n) is 2.35. The van der Waals surface area contributed by atoms with Crippen LogP contribution in [-0.2, 0) is 6.54 Å². The predicted octanol–water partition coefficient (Wildman–Crippen LogP) is 3.05. The first-order valence-corrected chi connectivity index (χ1v) is 7.93. The summed E-state index contributed by atoms with van der Waals surface area (Å²) in [5.74, 6) is 1.01. The van der Waals surface area contributed by atoms with Crippen LogP contribution in [0.4, 0.5) is 5.82 Å². The molecule has 108 valence electrons. The highest BCUT2D eigenvalue weighted by atomic mass is 32.1. The van der Waals surface area contributed by atoms with Crippen molar-refractivity contribution in [1.29, 1.82) is 0 Å². The number of hydrogen-bond acceptors (Lipinski definition) is 5. The first-order valence-electron chi connectivity index (χ1n) is 7.05. The summed E-state index contributed by atoms with van der Waals surface area (Å²) in [5.41, 5.74) is 7.97. The fourth-order valence-corrected chi connectivity index (χ4v) is 3.21. The van der Waals surface area contributed by atoms with Crippen LogP contribution in [0.5, 0.6) is 0 Å². The smallest absolute Gasteiger partial charge is 0.150 e. The zero-order valence-electron chi connectivity index (χ0n) is 11.8. The lowest BCUT2D eigenvalue weighted by Gasteiger charge is -2.24. The van der Waals surface area contributed by atoms with Gasteiger partial charge in [-0.15, -0.1) is 11.3 Å². The van der Waals surface area contributed by atoms with Crippen molar-refractivity contribution in [3.63, 3.8) is 0 Å². The Morgan fingerprint density at radius 3 is 2.76 bits per heavy atom. The molecule has 2 aromatic heterocycles. The van der Waals surface area contributed by atoms with Gasteiger partial charge in [0.15, 0.2) is 0 Å². The summed E-state index contributed by atoms with van der Waals surface area (Å²) in [7, 11) is 0. The van der Waals surface area contributed by atoms with Gasteiger partial charge >= 0.3 is 0 Å². The fraction of sp³-hybridized carbons (Fsp3) is 0.250. The molecule has 2 heterocycles. The number of hydrogen-bond donors (Lipinski definition) is 1. The summed E-state index contributed by atoms with van der Waals surface area (Å²) >= 11 is 1.69. The second kappa shape index (κ2) is 6.65. The maximum Gasteiger partial charge on any atom is 0.150 e. The maximum atomic E-state index is 5.68. The van der Waals surface area contributed by atoms with Crippen molar-refractivity contribution in [2.75, 3.05) is 18.0 Å². The van der Waals surface area contributed by atoms with Crippen LogP contribution in [0.3, 0.4) is 0 Å². The third kappa shape index (κ3) is 3.20. The minimum atomic E-state index is 0.684. The molecule has 0 unspecified atom stereocenters. The molecule has 5 heteroatoms. The molecule has 0 amide bonds. The molecule has 0 saturated heterocycles. The lowest BCUT2D eigenvalue weighted by molar-refractivity contribution is 0.728. The van der Waals surface area contributed by atoms with E-state index in [1.165, 1.54) is 5.56 Å². The van der Waals surface area contributed by atoms with E-state index in [0.29, 0.717) is 6.54 Å². The highest BCUT2D eigenvalue weighted by Gasteiger charge is 2.13. The van der Waals surface area contributed by atoms with Gasteiger partial charge in [-0.2, -0.15) is 0 Å². The summed E-state index contributed by atoms with van der Waals surface area (Å²) in [4.78, 5) is 11.1. The van der Waals surface area contributed by atoms with E-state index < -0.39 is 0 Å². The first kappa shape index (κ1) is 14.0. The number of nitrogens with zero attached hydrogens (tertiary/aromatic N) is 3. The average Bonchev–Trinajstić information content (AvgIpc) is 3.01. The molecule has 2 N–H and O–H groups in total. The Kier molecular flexibility index (Phi) is 4.43. The molecule has 0 radical (unpaired) electrons. The van der Waals surface area contributed by atoms with Crippen LogP contribution < -0.4 is 10.6 Å². The Morgan fingerprint density at radius 2 is 1.95 bits per heavy atom. The number of nitrogens with two attached hydrogens (primary N) is 1. The van der Waals surface area contributed by atoms with Crippen molar-refractivity contribution in [2.45, 2.75) is 13.0 Å². The number of anilines is 1. The molecule has 0 atom stereocenters. The van der Waals surface area contributed by atoms with E-state index in [-0.39, 0.29) is 0 Å². The van der Waals surface area contributed by atoms with E-state index in [0.717, 1.165) is 35.5 Å². The monoisotopic (exact) mass is 298 g/mol. The van der Waals surface area contributed by atoms with Crippen LogP contribution in [0, 0.1) is 0 Å². The minimum Gasteiger partial charge on any atom is -0.351 e. The van der Waals surface area contributed by atoms with E-state index in [1.807, 2.05) is 12.1 Å². The van der Waals surface area contributed by atoms with Gasteiger partial charge in [-0.1, -0.05) is 30.3 Å². The zero-order valence-corrected chi connectivity index (χ0v) is 12.6. The van der Waals surface area contributed by atoms with Crippen LogP contribution in [0.15, 0.2) is 48.1 Å². The van der Waals surface area contributed by atoms with Gasteiger partial charge in [-0.25, -0.2) is 9.97 Å². The summed E-state index contributed by atoms with van der Waals surface area (Å²) in [5, 5.41) is 2.06. The molecular weight excluding hydrogens is 280 g/mol. The van der Waals surface area contributed by atoms with E-state index in [9.17, 15) is 0 Å². The van der Waals surface area contributed by atoms with Crippen molar-refractivity contribution in [3.8, 4) is 0 Å². The van der Waals surface area contributed by atoms with Gasteiger partial charge in [-0.3, -0.25) is 0 Å². The Hall–Kier alpha value is -1.98. The molecule has 4 nitrogen and oxygen atoms in total. The van der Waals surface area contributed by atoms with Gasteiger partial charge in [0, 0.05) is 13.1 Å². The van der Waals surface area contributed by atoms with Crippen LogP contribution in [-0.4, -0.2) is 23.1 Å². The second-order valence-corrected chi connectivity index (χ2v) is 5.80. The summed E-state index contributed by atoms with van der Waals surface area (Å²) in [6.45, 7) is 2.42. The Labute approximate surface area is 128 Å². The van der Waals surface area contributed by atoms with Crippen LogP contribution >= 0.6 is 11.3 Å². The number of fused-ring (bicyclic) bond motifs is 1. The Morgan fingerprint density at radius 1 is 1.10 bits per heavy atom. The molecule has 1 aromatic carbocycles. The van der Waals surface area contributed by atoms with Gasteiger partial charge in [0.25, 0.3) is 0 Å². The van der Waals surface area contributed by atoms with Crippen molar-refractivity contribution in [3.05, 3.63) is 53.7 Å². The molecule has 3 aromatic rings. The van der Waals surface area contributed by atoms with E-state index >= 15 is 0 Å². The van der Waals surface area contributed by atoms with Gasteiger partial charge in [-0.05, 0) is 30.0 Å². The Balaban J connectivity index is 1.93. The molecule has 21 heavy (non-hydrogen) atoms. The van der Waals surface area contributed by atoms with Crippen molar-refractivity contribution in [2.24, 2.45) is 5.73 Å². The Bertz CT molecular complexity index is 696. The normalized spacial score (nSPS) is 10.9. The largest absolute Gasteiger partial charge is 0.351 e. The molecule has 0 fully saturated rings. The summed E-state index contributed by atoms with van der Waals surface area (Å²) in [6, 6.07) is 12.5. The number of aromatic nitrogens is 2. The lowest BCUT2D eigenvalue weighted by Crippen LogP contribution is -2.26. The van der Waals surface area contributed by atoms with Crippen molar-refractivity contribution < 1.29 is 0 Å². The number of thiophene rings is 1. The second-order valence-electron chi connectivity index (χ2n) is 4.88. The molecular formula is C16H18N4S. The molecule has 0 bridgehead atoms. The topological polar surface area (TPSA) is 55.0 Å². The summed E-state index contributed by atoms with van der Waals surface area (Å²) < 4.78 is 1.14. The minimum absolute atomic E-state index is 0.684. The highest BCUT2D eigenvalue weighted by molar-refractivity contribution is 7.17. The summed E-state index contributed by atoms with van der Waals surface area (Å²) in [6.07, 6.45) is 2.59. The predicted molar refractivity (Wildman–Crippen MR) is 88.6 cm³/mol. The van der Waals surface area contributed by atoms with Crippen molar-refractivity contribution >= 4 is 27.4 Å². The molecule has 0 aliphatic carbocycles. The SMILES string of the molecule is NCCCN(Cc1ccccc1)c1ncnc2ccsc12. The third-order valence-electron chi connectivity index (χ3n) is 3.37. The standard InChI is InChI=1S/C16H18N4S/c17-8-4-9-20(11-13-5-2-1-3-6-13)16-15-14(7-10-21-15)18-12-19-16/h1-3,5-7,10,12H,4,8-9,11,17H2. The first-order chi connectivity index (χ1) is 10.4. The third-order valence-corrected chi connectivity index (χ3v) is 4.27. The maximum absolute atomic E-state index is 5.68. The van der Waals surface area contributed by atoms with Gasteiger partial charge < -0.3 is 10.6 Å². The lowest BCUT2D eigenvalue weighted by atomic mass is 10.2. The van der Waals surface area contributed by atoms with Gasteiger partial charge in [0.05, 0.1) is 10.2 Å². The molecule has 0 aliphatic heterocycles. The average molecular weight is 298 g/mol. The molecule has 0 aliphatic rings. The van der Waals surface area contributed by atoms with E-state index in [2.05, 4.69) is 44.5 Å². The molecule has 0 saturated carbocycles. The van der Waals surface area contributed by atoms with Gasteiger partial charge in [0.1, 0.15) is 12.1 Å². The van der Waals surface area contributed by atoms with Crippen molar-refractivity contribution in [1.82, 2.24) is 9.97 Å². The molecule has 3 rings (SSSR count). The van der Waals surface area contributed by atoms with Crippen LogP contribution in [0.2, 0.25) is 0 Å². The van der Waals surface area contributed by atoms with Crippen LogP contribution in [0.1, 0.15) is 12.0 Å². The number of benzene rings is 1. The quantitative estimate of drug-likeness (QED) is 0.760. The highest BCUT2D eigenvalue weighted by Crippen LogP contribution is 2.28. The van der Waals surface area contributed by atoms with E-state index in [1.54, 1.807) is 17.7 Å². The van der Waals surface area contributed by atoms with Crippen LogP contribution in [0.25, 0.3) is 10.2 Å². The molecule has 0 spiro atoms. The van der Waals surface area contributed by atoms with Gasteiger partial charge in [0.2, 0.25) is 0 Å². The van der Waals surface area contributed by atoms with E-state index in [4.69, 9.17) is 5.73 Å².